The fourth-order valence-corrected chi connectivity index (χ4v) is 3.35. The van der Waals surface area contributed by atoms with Gasteiger partial charge in [-0.25, -0.2) is 0 Å². The lowest BCUT2D eigenvalue weighted by Crippen LogP contribution is -2.17. The number of nitrogens with one attached hydrogen (secondary N) is 1. The van der Waals surface area contributed by atoms with Gasteiger partial charge in [-0.05, 0) is 36.3 Å². The molecule has 3 nitrogen and oxygen atoms in total. The molecule has 1 N–H and O–H groups in total. The lowest BCUT2D eigenvalue weighted by Gasteiger charge is -2.13. The summed E-state index contributed by atoms with van der Waals surface area (Å²) < 4.78 is 5.28. The van der Waals surface area contributed by atoms with E-state index >= 15 is 0 Å². The molecule has 1 heterocycles. The Kier molecular flexibility index (Phi) is 2.40. The third-order valence-corrected chi connectivity index (χ3v) is 4.58. The molecule has 18 heavy (non-hydrogen) atoms. The van der Waals surface area contributed by atoms with Crippen molar-refractivity contribution in [1.82, 2.24) is 5.32 Å². The van der Waals surface area contributed by atoms with Gasteiger partial charge in [-0.15, -0.1) is 0 Å². The van der Waals surface area contributed by atoms with Crippen molar-refractivity contribution in [2.45, 2.75) is 33.7 Å². The first-order chi connectivity index (χ1) is 8.51. The van der Waals surface area contributed by atoms with E-state index in [4.69, 9.17) is 4.42 Å². The standard InChI is InChI=1S/C15H19NO2/c1-9(16-8-10-5-4-6-18-10)13-12(17)7-11-14(13)15(11,2)3/h4-6,11,14,16H,7-8H2,1-3H3/t11-,14-/m1/s1. The molecule has 3 heteroatoms. The van der Waals surface area contributed by atoms with Crippen molar-refractivity contribution in [2.24, 2.45) is 17.3 Å². The van der Waals surface area contributed by atoms with Crippen LogP contribution in [-0.4, -0.2) is 5.78 Å². The zero-order valence-electron chi connectivity index (χ0n) is 11.1. The molecule has 2 aliphatic rings. The Labute approximate surface area is 107 Å². The summed E-state index contributed by atoms with van der Waals surface area (Å²) in [5.41, 5.74) is 2.36. The third-order valence-electron chi connectivity index (χ3n) is 4.58. The Morgan fingerprint density at radius 2 is 2.33 bits per heavy atom. The van der Waals surface area contributed by atoms with E-state index in [1.807, 2.05) is 19.1 Å². The molecular formula is C15H19NO2. The maximum atomic E-state index is 12.0. The van der Waals surface area contributed by atoms with Crippen LogP contribution >= 0.6 is 0 Å². The lowest BCUT2D eigenvalue weighted by atomic mass is 9.95. The summed E-state index contributed by atoms with van der Waals surface area (Å²) in [6.07, 6.45) is 2.40. The summed E-state index contributed by atoms with van der Waals surface area (Å²) in [5.74, 6) is 2.26. The summed E-state index contributed by atoms with van der Waals surface area (Å²) in [6.45, 7) is 7.17. The van der Waals surface area contributed by atoms with Crippen molar-refractivity contribution in [1.29, 1.82) is 0 Å². The second kappa shape index (κ2) is 3.74. The Balaban J connectivity index is 1.75. The number of rotatable bonds is 3. The van der Waals surface area contributed by atoms with E-state index in [2.05, 4.69) is 19.2 Å². The number of allylic oxidation sites excluding steroid dienone is 2. The van der Waals surface area contributed by atoms with E-state index in [0.29, 0.717) is 29.6 Å². The molecule has 0 unspecified atom stereocenters. The van der Waals surface area contributed by atoms with Crippen LogP contribution in [0.3, 0.4) is 0 Å². The SMILES string of the molecule is CC(NCc1ccco1)=C1C(=O)C[C@@H]2[C@H]1C2(C)C. The molecule has 0 radical (unpaired) electrons. The molecular weight excluding hydrogens is 226 g/mol. The van der Waals surface area contributed by atoms with Crippen LogP contribution in [0.2, 0.25) is 0 Å². The van der Waals surface area contributed by atoms with Crippen molar-refractivity contribution in [2.75, 3.05) is 0 Å². The van der Waals surface area contributed by atoms with E-state index in [1.165, 1.54) is 0 Å². The molecule has 96 valence electrons. The number of hydrogen-bond acceptors (Lipinski definition) is 3. The number of carbonyl (C=O) groups is 1. The number of hydrogen-bond donors (Lipinski definition) is 1. The van der Waals surface area contributed by atoms with Crippen LogP contribution in [-0.2, 0) is 11.3 Å². The first kappa shape index (κ1) is 11.6. The van der Waals surface area contributed by atoms with Gasteiger partial charge in [0.15, 0.2) is 5.78 Å². The van der Waals surface area contributed by atoms with Crippen molar-refractivity contribution in [3.8, 4) is 0 Å². The van der Waals surface area contributed by atoms with Crippen molar-refractivity contribution in [3.63, 3.8) is 0 Å². The molecule has 2 fully saturated rings. The minimum Gasteiger partial charge on any atom is -0.467 e. The molecule has 0 saturated heterocycles. The van der Waals surface area contributed by atoms with Crippen molar-refractivity contribution >= 4 is 5.78 Å². The summed E-state index contributed by atoms with van der Waals surface area (Å²) >= 11 is 0. The van der Waals surface area contributed by atoms with Crippen molar-refractivity contribution < 1.29 is 9.21 Å². The molecule has 2 aliphatic carbocycles. The summed E-state index contributed by atoms with van der Waals surface area (Å²) in [7, 11) is 0. The summed E-state index contributed by atoms with van der Waals surface area (Å²) in [4.78, 5) is 12.0. The smallest absolute Gasteiger partial charge is 0.161 e. The van der Waals surface area contributed by atoms with Gasteiger partial charge in [0.25, 0.3) is 0 Å². The number of carbonyl (C=O) groups excluding carboxylic acids is 1. The fraction of sp³-hybridized carbons (Fsp3) is 0.533. The molecule has 1 aromatic heterocycles. The summed E-state index contributed by atoms with van der Waals surface area (Å²) in [6, 6.07) is 3.81. The van der Waals surface area contributed by atoms with Gasteiger partial charge in [0, 0.05) is 17.7 Å². The summed E-state index contributed by atoms with van der Waals surface area (Å²) in [5, 5.41) is 3.32. The number of ketones is 1. The van der Waals surface area contributed by atoms with E-state index in [1.54, 1.807) is 6.26 Å². The van der Waals surface area contributed by atoms with Crippen LogP contribution < -0.4 is 5.32 Å². The molecule has 0 aromatic carbocycles. The Morgan fingerprint density at radius 3 is 2.94 bits per heavy atom. The third kappa shape index (κ3) is 1.61. The molecule has 0 amide bonds. The highest BCUT2D eigenvalue weighted by Gasteiger charge is 2.65. The average molecular weight is 245 g/mol. The first-order valence-electron chi connectivity index (χ1n) is 6.52. The van der Waals surface area contributed by atoms with E-state index in [0.717, 1.165) is 23.5 Å². The zero-order valence-corrected chi connectivity index (χ0v) is 11.1. The molecule has 0 aliphatic heterocycles. The maximum absolute atomic E-state index is 12.0. The van der Waals surface area contributed by atoms with Crippen LogP contribution in [0.4, 0.5) is 0 Å². The van der Waals surface area contributed by atoms with Crippen molar-refractivity contribution in [3.05, 3.63) is 35.4 Å². The van der Waals surface area contributed by atoms with Crippen LogP contribution in [0.1, 0.15) is 33.0 Å². The van der Waals surface area contributed by atoms with Gasteiger partial charge in [0.1, 0.15) is 5.76 Å². The minimum atomic E-state index is 0.316. The molecule has 3 rings (SSSR count). The Hall–Kier alpha value is -1.51. The highest BCUT2D eigenvalue weighted by atomic mass is 16.3. The van der Waals surface area contributed by atoms with E-state index < -0.39 is 0 Å². The number of Topliss-reactive ketones (excluding diaryl/α,β-unsaturated/α-hetero) is 1. The average Bonchev–Trinajstić information content (AvgIpc) is 2.79. The van der Waals surface area contributed by atoms with Crippen LogP contribution in [0.5, 0.6) is 0 Å². The predicted molar refractivity (Wildman–Crippen MR) is 68.6 cm³/mol. The first-order valence-corrected chi connectivity index (χ1v) is 6.52. The van der Waals surface area contributed by atoms with Gasteiger partial charge >= 0.3 is 0 Å². The van der Waals surface area contributed by atoms with Gasteiger partial charge < -0.3 is 9.73 Å². The minimum absolute atomic E-state index is 0.316. The quantitative estimate of drug-likeness (QED) is 0.833. The van der Waals surface area contributed by atoms with Gasteiger partial charge in [-0.3, -0.25) is 4.79 Å². The lowest BCUT2D eigenvalue weighted by molar-refractivity contribution is -0.115. The number of furan rings is 1. The number of fused-ring (bicyclic) bond motifs is 1. The monoisotopic (exact) mass is 245 g/mol. The molecule has 0 bridgehead atoms. The van der Waals surface area contributed by atoms with E-state index in [-0.39, 0.29) is 0 Å². The molecule has 2 saturated carbocycles. The highest BCUT2D eigenvalue weighted by molar-refractivity contribution is 6.01. The Bertz CT molecular complexity index is 511. The van der Waals surface area contributed by atoms with Crippen LogP contribution in [0, 0.1) is 17.3 Å². The van der Waals surface area contributed by atoms with Gasteiger partial charge in [0.2, 0.25) is 0 Å². The van der Waals surface area contributed by atoms with E-state index in [9.17, 15) is 4.79 Å². The zero-order chi connectivity index (χ0) is 12.9. The van der Waals surface area contributed by atoms with Crippen LogP contribution in [0.25, 0.3) is 0 Å². The van der Waals surface area contributed by atoms with Gasteiger partial charge in [0.05, 0.1) is 12.8 Å². The Morgan fingerprint density at radius 1 is 1.56 bits per heavy atom. The molecule has 2 atom stereocenters. The highest BCUT2D eigenvalue weighted by Crippen LogP contribution is 2.68. The predicted octanol–water partition coefficient (Wildman–Crippen LogP) is 2.89. The fourth-order valence-electron chi connectivity index (χ4n) is 3.35. The maximum Gasteiger partial charge on any atom is 0.161 e. The molecule has 1 aromatic rings. The van der Waals surface area contributed by atoms with Gasteiger partial charge in [-0.2, -0.15) is 0 Å². The van der Waals surface area contributed by atoms with Crippen LogP contribution in [0.15, 0.2) is 34.1 Å². The topological polar surface area (TPSA) is 42.2 Å². The second-order valence-electron chi connectivity index (χ2n) is 6.00. The molecule has 0 spiro atoms. The second-order valence-corrected chi connectivity index (χ2v) is 6.00. The largest absolute Gasteiger partial charge is 0.467 e. The van der Waals surface area contributed by atoms with Gasteiger partial charge in [-0.1, -0.05) is 13.8 Å². The normalized spacial score (nSPS) is 31.2.